The number of carbonyl (C=O) groups is 1. The number of carbonyl (C=O) groups excluding carboxylic acids is 1. The van der Waals surface area contributed by atoms with Crippen molar-refractivity contribution in [3.63, 3.8) is 0 Å². The summed E-state index contributed by atoms with van der Waals surface area (Å²) < 4.78 is 24.4. The third-order valence-corrected chi connectivity index (χ3v) is 9.37. The number of rotatable bonds is 14. The maximum atomic E-state index is 14.3. The number of aromatic nitrogens is 6. The van der Waals surface area contributed by atoms with Crippen LogP contribution in [0.15, 0.2) is 50.0 Å². The molecule has 5 rings (SSSR count). The minimum absolute atomic E-state index is 0. The Balaban J connectivity index is -0.00000000117. The van der Waals surface area contributed by atoms with Crippen molar-refractivity contribution in [2.45, 2.75) is 99.3 Å². The third-order valence-electron chi connectivity index (χ3n) is 9.37. The molecule has 3 aromatic heterocycles. The molecule has 576 valence electrons. The Morgan fingerprint density at radius 2 is 1.78 bits per heavy atom. The first-order chi connectivity index (χ1) is 23.5. The van der Waals surface area contributed by atoms with E-state index in [-0.39, 0.29) is 250 Å². The van der Waals surface area contributed by atoms with Crippen molar-refractivity contribution in [2.24, 2.45) is 5.92 Å². The fourth-order valence-corrected chi connectivity index (χ4v) is 6.76. The molecule has 0 aliphatic carbocycles. The van der Waals surface area contributed by atoms with Crippen LogP contribution >= 0.6 is 0 Å². The van der Waals surface area contributed by atoms with Gasteiger partial charge in [-0.1, -0.05) is 71.0 Å². The largest absolute Gasteiger partial charge is 0.519 e. The van der Waals surface area contributed by atoms with Gasteiger partial charge in [0.1, 0.15) is 17.1 Å². The van der Waals surface area contributed by atoms with Crippen LogP contribution < -0.4 is 5.82 Å². The van der Waals surface area contributed by atoms with Gasteiger partial charge in [-0.3, -0.25) is 0 Å². The number of esters is 1. The second kappa shape index (κ2) is 14.7. The van der Waals surface area contributed by atoms with Gasteiger partial charge in [-0.15, -0.1) is 10.2 Å². The predicted molar refractivity (Wildman–Crippen MR) is 518 cm³/mol. The number of aromatic amines is 1. The first kappa shape index (κ1) is 35.5. The van der Waals surface area contributed by atoms with Gasteiger partial charge in [-0.25, -0.2) is 14.6 Å². The van der Waals surface area contributed by atoms with Crippen LogP contribution in [0.5, 0.6) is 0 Å². The van der Waals surface area contributed by atoms with Gasteiger partial charge in [0.05, 0.1) is 6.04 Å². The lowest BCUT2D eigenvalue weighted by molar-refractivity contribution is -0.0265. The van der Waals surface area contributed by atoms with Crippen LogP contribution in [0.1, 0.15) is 336 Å². The van der Waals surface area contributed by atoms with Gasteiger partial charge in [0, 0.05) is 251 Å². The van der Waals surface area contributed by atoms with Crippen LogP contribution in [-0.2, 0) is 34.5 Å². The van der Waals surface area contributed by atoms with Crippen LogP contribution in [0.25, 0.3) is 22.5 Å². The number of tetrazole rings is 1. The van der Waals surface area contributed by atoms with E-state index in [9.17, 15) is 9.59 Å². The number of hydrogen-bond donors (Lipinski definition) is 1. The van der Waals surface area contributed by atoms with E-state index in [0.717, 1.165) is 39.2 Å². The molecule has 1 N–H and O–H groups in total. The zero-order valence-electron chi connectivity index (χ0n) is 29.8. The number of H-pyrrole nitrogens is 1. The van der Waals surface area contributed by atoms with E-state index >= 15 is 0 Å². The smallest absolute Gasteiger partial charge is 0.453 e. The summed E-state index contributed by atoms with van der Waals surface area (Å²) in [7, 11) is 1.65. The van der Waals surface area contributed by atoms with Crippen molar-refractivity contribution in [3.8, 4) is 22.5 Å². The van der Waals surface area contributed by atoms with Gasteiger partial charge in [0.25, 0.3) is 0 Å². The quantitative estimate of drug-likeness (QED) is 0.106. The molecule has 0 aliphatic heterocycles. The summed E-state index contributed by atoms with van der Waals surface area (Å²) in [6.45, 7) is 16.1. The van der Waals surface area contributed by atoms with Gasteiger partial charge in [-0.05, 0) is 72.6 Å². The fraction of sp³-hybridized carbons (Fsp3) is 0.459. The summed E-state index contributed by atoms with van der Waals surface area (Å²) in [5, 5.41) is 14.8. The summed E-state index contributed by atoms with van der Waals surface area (Å²) >= 11 is 0. The van der Waals surface area contributed by atoms with Crippen molar-refractivity contribution in [2.75, 3.05) is 7.11 Å². The molecule has 1 atom stereocenters. The van der Waals surface area contributed by atoms with Crippen molar-refractivity contribution in [1.82, 2.24) is 30.2 Å². The third kappa shape index (κ3) is 6.87. The van der Waals surface area contributed by atoms with Gasteiger partial charge in [-0.2, -0.15) is 5.21 Å². The van der Waals surface area contributed by atoms with E-state index in [1.807, 2.05) is 37.5 Å². The Kier molecular flexibility index (Phi) is 10.7. The molecule has 3 heterocycles. The van der Waals surface area contributed by atoms with Crippen molar-refractivity contribution < 1.29 is 249 Å². The summed E-state index contributed by atoms with van der Waals surface area (Å²) in [6.07, 6.45) is 2.24. The number of nitrogens with one attached hydrogen (secondary N) is 1. The molecule has 0 fully saturated rings. The van der Waals surface area contributed by atoms with Crippen LogP contribution in [-0.4, -0.2) is 43.3 Å². The minimum Gasteiger partial charge on any atom is -0.453 e. The Hall–Kier alpha value is -4.84. The Bertz CT molecular complexity index is 2120. The molecule has 0 saturated heterocycles. The van der Waals surface area contributed by atoms with Crippen LogP contribution in [0, 0.1) is 19.8 Å². The number of methoxy groups -OCH3 is 1. The summed E-state index contributed by atoms with van der Waals surface area (Å²) in [5.74, 6) is 0.666. The SMILES string of the molecule is CCc1oc(=O)oc1COC(=O)c1c(C(CC)(CC)OC)nc(CC(C)C)n1C(C)c1ccc(-c2c(C)cccc2-c2nn[nH]n2)cc1C.[HH].[HH].[HH].[HH].[HH].[HH].[HH].[HH].[HH].[HH].[HH].[HH].[HH].[HH].[HH].[HH].[HH].[HH].[HH].[HH].[HH].[HH].[HH].[HH].[HH].[HH].[HH].[HH].[HH].[HH].[HH].[HH].[HH].[HH].[HH].[HH].[HH].[HH].[HH].[HH].[HH].[HH].[HH].[HH].[HH].[HH].[HH].[HH].[HH].[HH].[HH].[HH].[HH].[HH].[HH].[HH].[HH].[HH].[HH].[HH].[HH].[HH].[HH].[HH].[HH].[HH].[HH].[HH].[HH].[HH].[HH].[HH].[HH].[HH].[HH].[HH].[HH].[HH].[HH].[HH].[HH].[HH].[HH].[HH].[HH].[HH].[HH].[HH].[HH].[HH].[HH].[HH].[HH].[HH].[HH].[HH].[HH].[HH].[HH].[HH].[HH].[HH].[HH].[HH].[HH].[HH].[HH].[HH].[HH].[HH].[HH].[HH].[HH].[HH].[HH].[HH].[HH].[HH].[HH].[HH].[HH].[HH].[HH].[HH].[HH].[HH].[HH].[HH].[HH].[HH].[HH].[HH].[HH].[HH].[HH].[HH].[HH].[HH].[HH].[HH].[HH].[HH].[HH].[HH].[HH].[HH].[HH].[HH].[HH].[HH].[HH].[HH].[HH].[HH].[HH].[HH].[HH].[HH]. The predicted octanol–water partition coefficient (Wildman–Crippen LogP) is 46.2. The minimum atomic E-state index is -0.828. The number of benzene rings is 2. The maximum absolute atomic E-state index is 14.3. The molecule has 49 heavy (non-hydrogen) atoms. The molecular weight excluding hydrogens is 624 g/mol. The van der Waals surface area contributed by atoms with Crippen molar-refractivity contribution in [1.29, 1.82) is 0 Å². The fourth-order valence-electron chi connectivity index (χ4n) is 6.76. The van der Waals surface area contributed by atoms with Gasteiger partial charge < -0.3 is 22.9 Å². The Morgan fingerprint density at radius 3 is 2.39 bits per heavy atom. The molecular formula is C37H362N6O6. The lowest BCUT2D eigenvalue weighted by Crippen LogP contribution is -2.31. The highest BCUT2D eigenvalue weighted by atomic mass is 16.6. The molecule has 0 bridgehead atoms. The lowest BCUT2D eigenvalue weighted by Gasteiger charge is -2.30. The van der Waals surface area contributed by atoms with E-state index in [1.54, 1.807) is 7.11 Å². The highest BCUT2D eigenvalue weighted by Crippen LogP contribution is 2.39. The first-order valence-corrected chi connectivity index (χ1v) is 16.9. The number of aryl methyl sites for hydroxylation is 3. The summed E-state index contributed by atoms with van der Waals surface area (Å²) in [4.78, 5) is 31.3. The molecule has 12 heteroatoms. The lowest BCUT2D eigenvalue weighted by atomic mass is 9.90. The van der Waals surface area contributed by atoms with Gasteiger partial charge >= 0.3 is 11.8 Å². The second-order valence-electron chi connectivity index (χ2n) is 12.8. The molecule has 0 spiro atoms. The molecule has 5 aromatic rings. The van der Waals surface area contributed by atoms with Gasteiger partial charge in [0.2, 0.25) is 5.82 Å². The molecule has 0 amide bonds. The molecule has 2 aromatic carbocycles. The van der Waals surface area contributed by atoms with E-state index in [1.165, 1.54) is 0 Å². The number of imidazole rings is 1. The second-order valence-corrected chi connectivity index (χ2v) is 12.8. The zero-order valence-corrected chi connectivity index (χ0v) is 29.8. The van der Waals surface area contributed by atoms with Crippen LogP contribution in [0.4, 0.5) is 0 Å². The molecule has 0 aliphatic rings. The van der Waals surface area contributed by atoms with E-state index < -0.39 is 17.4 Å². The van der Waals surface area contributed by atoms with E-state index in [2.05, 4.69) is 79.5 Å². The number of hydrogen-bond acceptors (Lipinski definition) is 10. The Labute approximate surface area is 520 Å². The first-order valence-electron chi connectivity index (χ1n) is 16.9. The summed E-state index contributed by atoms with van der Waals surface area (Å²) in [5.41, 5.74) is 6.10. The standard InChI is InChI=1S/C37H46N6O6.158H2/c1-10-28-29(49-36(45)48-28)20-47-35(44)32-33(37(11-2,12-3)46-9)38-30(18-21(4)5)43(32)24(8)26-17-16-25(19-23(26)7)31-22(6)14-13-15-27(31)34-39-41-42-40-34;;;;;;;;;;;;;;;;;;;;;;;;;;;;;;;;;;;;;;;;;;;;;;;;;;;;;;;;;;;;;;;;;;;;;;;;;;;;;;;;;;;;;;;;;;;;;;;;;;;;;;;;;;;;;;;;;;;;;;;;;;;;;;;;;;;;;;;;;;;;;;;;;;;;;;;;;;;;;;/h13-17,19,21,24H,10-12,18,20H2,1-9H3,(H,39,40,41,42);158*1H. The topological polar surface area (TPSA) is 151 Å². The summed E-state index contributed by atoms with van der Waals surface area (Å²) in [6, 6.07) is 12.1. The number of nitrogens with zero attached hydrogens (tertiary/aromatic N) is 5. The van der Waals surface area contributed by atoms with E-state index in [0.29, 0.717) is 48.7 Å². The molecule has 1 unspecified atom stereocenters. The van der Waals surface area contributed by atoms with Crippen molar-refractivity contribution >= 4 is 5.97 Å². The monoisotopic (exact) mass is 989 g/mol. The highest BCUT2D eigenvalue weighted by Gasteiger charge is 2.40. The average Bonchev–Trinajstić information content (AvgIpc) is 3.83. The Morgan fingerprint density at radius 1 is 1.04 bits per heavy atom. The molecule has 0 saturated carbocycles. The van der Waals surface area contributed by atoms with Crippen LogP contribution in [0.2, 0.25) is 0 Å². The molecule has 0 radical (unpaired) electrons. The zero-order chi connectivity index (χ0) is 35.5. The maximum Gasteiger partial charge on any atom is 0.519 e. The highest BCUT2D eigenvalue weighted by molar-refractivity contribution is 5.90. The van der Waals surface area contributed by atoms with Crippen LogP contribution in [0.3, 0.4) is 0 Å². The van der Waals surface area contributed by atoms with E-state index in [4.69, 9.17) is 23.3 Å². The number of ether oxygens (including phenoxy) is 2. The average molecular weight is 989 g/mol. The molecule has 12 nitrogen and oxygen atoms in total. The van der Waals surface area contributed by atoms with Crippen molar-refractivity contribution in [3.05, 3.63) is 92.4 Å². The van der Waals surface area contributed by atoms with Gasteiger partial charge in [0.15, 0.2) is 23.8 Å². The normalized spacial score (nSPS) is 12.5.